The Hall–Kier alpha value is -2.06. The predicted octanol–water partition coefficient (Wildman–Crippen LogP) is 5.71. The minimum Gasteiger partial charge on any atom is -0.481 e. The van der Waals surface area contributed by atoms with Gasteiger partial charge >= 0.3 is 12.0 Å². The van der Waals surface area contributed by atoms with Crippen molar-refractivity contribution in [3.63, 3.8) is 0 Å². The maximum atomic E-state index is 13.4. The Kier molecular flexibility index (Phi) is 8.00. The highest BCUT2D eigenvalue weighted by Crippen LogP contribution is 2.33. The molecule has 1 aromatic carbocycles. The second-order valence-corrected chi connectivity index (χ2v) is 11.2. The van der Waals surface area contributed by atoms with Crippen LogP contribution in [0.25, 0.3) is 0 Å². The van der Waals surface area contributed by atoms with Crippen molar-refractivity contribution in [2.24, 2.45) is 5.92 Å². The summed E-state index contributed by atoms with van der Waals surface area (Å²) in [6.45, 7) is 7.25. The molecule has 0 radical (unpaired) electrons. The summed E-state index contributed by atoms with van der Waals surface area (Å²) in [6, 6.07) is 10.4. The zero-order valence-corrected chi connectivity index (χ0v) is 20.0. The zero-order valence-electron chi connectivity index (χ0n) is 18.3. The third kappa shape index (κ3) is 6.71. The minimum atomic E-state index is -0.871. The van der Waals surface area contributed by atoms with Crippen LogP contribution in [0.1, 0.15) is 52.0 Å². The maximum Gasteiger partial charge on any atom is 0.323 e. The van der Waals surface area contributed by atoms with Crippen molar-refractivity contribution in [2.45, 2.75) is 62.1 Å². The molecular weight excluding hydrogens is 430 g/mol. The monoisotopic (exact) mass is 461 g/mol. The van der Waals surface area contributed by atoms with Crippen LogP contribution in [0.4, 0.5) is 9.93 Å². The van der Waals surface area contributed by atoms with Crippen LogP contribution in [-0.4, -0.2) is 45.3 Å². The molecule has 1 heterocycles. The van der Waals surface area contributed by atoms with Crippen molar-refractivity contribution < 1.29 is 14.7 Å². The summed E-state index contributed by atoms with van der Waals surface area (Å²) in [4.78, 5) is 30.4. The van der Waals surface area contributed by atoms with Gasteiger partial charge in [0.05, 0.1) is 16.2 Å². The van der Waals surface area contributed by atoms with Gasteiger partial charge in [-0.2, -0.15) is 0 Å². The minimum absolute atomic E-state index is 0.0206. The lowest BCUT2D eigenvalue weighted by atomic mass is 9.82. The van der Waals surface area contributed by atoms with Crippen molar-refractivity contribution in [3.8, 4) is 0 Å². The average molecular weight is 462 g/mol. The number of hydrogen-bond acceptors (Lipinski definition) is 5. The standard InChI is InChI=1S/C23H31N3O3S2/c1-16-9-11-18(12-10-16)26(15-23(2,3)17-7-5-4-6-8-17)22(29)25-21-24-13-20(31-21)30-14-19(27)28/h4-8,13,16,18H,9-12,14-15H2,1-3H3,(H,27,28)(H,24,25,29). The number of aliphatic carboxylic acids is 1. The Morgan fingerprint density at radius 3 is 2.55 bits per heavy atom. The summed E-state index contributed by atoms with van der Waals surface area (Å²) in [7, 11) is 0. The Morgan fingerprint density at radius 1 is 1.23 bits per heavy atom. The topological polar surface area (TPSA) is 82.5 Å². The fraction of sp³-hybridized carbons (Fsp3) is 0.522. The van der Waals surface area contributed by atoms with Crippen molar-refractivity contribution in [2.75, 3.05) is 17.6 Å². The van der Waals surface area contributed by atoms with Gasteiger partial charge in [0.1, 0.15) is 0 Å². The van der Waals surface area contributed by atoms with Gasteiger partial charge in [0.2, 0.25) is 0 Å². The molecule has 0 saturated heterocycles. The Bertz CT molecular complexity index is 877. The molecule has 1 aliphatic carbocycles. The first-order valence-corrected chi connectivity index (χ1v) is 12.5. The summed E-state index contributed by atoms with van der Waals surface area (Å²) < 4.78 is 0.778. The SMILES string of the molecule is CC1CCC(N(CC(C)(C)c2ccccc2)C(=O)Nc2ncc(SCC(=O)O)s2)CC1. The van der Waals surface area contributed by atoms with Crippen LogP contribution in [-0.2, 0) is 10.2 Å². The van der Waals surface area contributed by atoms with E-state index >= 15 is 0 Å². The molecule has 1 aromatic heterocycles. The molecule has 2 amide bonds. The lowest BCUT2D eigenvalue weighted by Crippen LogP contribution is -2.49. The molecule has 6 nitrogen and oxygen atoms in total. The Labute approximate surface area is 192 Å². The number of urea groups is 1. The molecule has 168 valence electrons. The third-order valence-corrected chi connectivity index (χ3v) is 7.94. The number of carboxylic acid groups (broad SMARTS) is 1. The van der Waals surface area contributed by atoms with Crippen LogP contribution in [0, 0.1) is 5.92 Å². The molecule has 8 heteroatoms. The van der Waals surface area contributed by atoms with Gasteiger partial charge in [0, 0.05) is 18.0 Å². The number of nitrogens with one attached hydrogen (secondary N) is 1. The van der Waals surface area contributed by atoms with E-state index in [0.29, 0.717) is 17.6 Å². The van der Waals surface area contributed by atoms with Crippen molar-refractivity contribution in [3.05, 3.63) is 42.1 Å². The number of anilines is 1. The number of nitrogens with zero attached hydrogens (tertiary/aromatic N) is 2. The molecule has 0 spiro atoms. The summed E-state index contributed by atoms with van der Waals surface area (Å²) in [5.74, 6) is -0.186. The number of thiazole rings is 1. The van der Waals surface area contributed by atoms with Crippen LogP contribution in [0.2, 0.25) is 0 Å². The van der Waals surface area contributed by atoms with E-state index in [-0.39, 0.29) is 23.2 Å². The summed E-state index contributed by atoms with van der Waals surface area (Å²) in [5, 5.41) is 12.3. The predicted molar refractivity (Wildman–Crippen MR) is 127 cm³/mol. The van der Waals surface area contributed by atoms with E-state index < -0.39 is 5.97 Å². The number of carboxylic acids is 1. The molecule has 2 aromatic rings. The van der Waals surface area contributed by atoms with Gasteiger partial charge in [-0.3, -0.25) is 10.1 Å². The molecule has 1 fully saturated rings. The number of amides is 2. The lowest BCUT2D eigenvalue weighted by Gasteiger charge is -2.40. The second kappa shape index (κ2) is 10.5. The fourth-order valence-electron chi connectivity index (χ4n) is 4.01. The van der Waals surface area contributed by atoms with E-state index in [0.717, 1.165) is 29.9 Å². The van der Waals surface area contributed by atoms with Gasteiger partial charge < -0.3 is 10.0 Å². The lowest BCUT2D eigenvalue weighted by molar-refractivity contribution is -0.133. The van der Waals surface area contributed by atoms with Gasteiger partial charge in [-0.05, 0) is 37.2 Å². The largest absolute Gasteiger partial charge is 0.481 e. The molecule has 2 N–H and O–H groups in total. The Morgan fingerprint density at radius 2 is 1.90 bits per heavy atom. The highest BCUT2D eigenvalue weighted by molar-refractivity contribution is 8.01. The second-order valence-electron chi connectivity index (χ2n) is 8.89. The first kappa shape index (κ1) is 23.6. The average Bonchev–Trinajstić information content (AvgIpc) is 3.19. The molecular formula is C23H31N3O3S2. The van der Waals surface area contributed by atoms with E-state index in [4.69, 9.17) is 5.11 Å². The van der Waals surface area contributed by atoms with E-state index in [9.17, 15) is 9.59 Å². The smallest absolute Gasteiger partial charge is 0.323 e. The van der Waals surface area contributed by atoms with Gasteiger partial charge in [-0.25, -0.2) is 9.78 Å². The van der Waals surface area contributed by atoms with E-state index in [1.807, 2.05) is 23.1 Å². The highest BCUT2D eigenvalue weighted by atomic mass is 32.2. The highest BCUT2D eigenvalue weighted by Gasteiger charge is 2.33. The van der Waals surface area contributed by atoms with Gasteiger partial charge in [0.15, 0.2) is 5.13 Å². The van der Waals surface area contributed by atoms with Crippen LogP contribution < -0.4 is 5.32 Å². The number of hydrogen-bond donors (Lipinski definition) is 2. The number of rotatable bonds is 8. The first-order chi connectivity index (χ1) is 14.7. The normalized spacial score (nSPS) is 19.1. The summed E-state index contributed by atoms with van der Waals surface area (Å²) >= 11 is 2.52. The van der Waals surface area contributed by atoms with Crippen LogP contribution >= 0.6 is 23.1 Å². The van der Waals surface area contributed by atoms with Crippen molar-refractivity contribution in [1.29, 1.82) is 0 Å². The van der Waals surface area contributed by atoms with Crippen molar-refractivity contribution >= 4 is 40.2 Å². The molecule has 0 unspecified atom stereocenters. The molecule has 1 aliphatic rings. The van der Waals surface area contributed by atoms with Gasteiger partial charge in [-0.1, -0.05) is 62.4 Å². The first-order valence-electron chi connectivity index (χ1n) is 10.7. The molecule has 3 rings (SSSR count). The molecule has 0 aliphatic heterocycles. The number of thioether (sulfide) groups is 1. The van der Waals surface area contributed by atoms with Gasteiger partial charge in [-0.15, -0.1) is 11.8 Å². The molecule has 31 heavy (non-hydrogen) atoms. The van der Waals surface area contributed by atoms with E-state index in [2.05, 4.69) is 43.2 Å². The quantitative estimate of drug-likeness (QED) is 0.492. The van der Waals surface area contributed by atoms with E-state index in [1.54, 1.807) is 6.20 Å². The third-order valence-electron chi connectivity index (χ3n) is 5.84. The van der Waals surface area contributed by atoms with Gasteiger partial charge in [0.25, 0.3) is 0 Å². The summed E-state index contributed by atoms with van der Waals surface area (Å²) in [5.41, 5.74) is 1.02. The number of aromatic nitrogens is 1. The number of carbonyl (C=O) groups excluding carboxylic acids is 1. The maximum absolute atomic E-state index is 13.4. The zero-order chi connectivity index (χ0) is 22.4. The fourth-order valence-corrected chi connectivity index (χ4v) is 5.59. The van der Waals surface area contributed by atoms with E-state index in [1.165, 1.54) is 28.7 Å². The van der Waals surface area contributed by atoms with Crippen LogP contribution in [0.15, 0.2) is 40.7 Å². The number of carbonyl (C=O) groups is 2. The van der Waals surface area contributed by atoms with Crippen molar-refractivity contribution in [1.82, 2.24) is 9.88 Å². The molecule has 0 atom stereocenters. The summed E-state index contributed by atoms with van der Waals surface area (Å²) in [6.07, 6.45) is 5.91. The Balaban J connectivity index is 1.74. The number of benzene rings is 1. The van der Waals surface area contributed by atoms with Crippen LogP contribution in [0.3, 0.4) is 0 Å². The molecule has 1 saturated carbocycles. The van der Waals surface area contributed by atoms with Crippen LogP contribution in [0.5, 0.6) is 0 Å². The molecule has 0 bridgehead atoms.